The summed E-state index contributed by atoms with van der Waals surface area (Å²) in [6, 6.07) is 27.1. The summed E-state index contributed by atoms with van der Waals surface area (Å²) >= 11 is 0. The number of nitrogens with one attached hydrogen (secondary N) is 1. The predicted octanol–water partition coefficient (Wildman–Crippen LogP) is 6.28. The Hall–Kier alpha value is -2.78. The van der Waals surface area contributed by atoms with Gasteiger partial charge in [-0.1, -0.05) is 80.6 Å². The molecule has 3 heteroatoms. The van der Waals surface area contributed by atoms with Crippen LogP contribution in [0, 0.1) is 0 Å². The minimum atomic E-state index is 0.0618. The van der Waals surface area contributed by atoms with E-state index in [0.29, 0.717) is 13.2 Å². The molecule has 0 bridgehead atoms. The van der Waals surface area contributed by atoms with Gasteiger partial charge in [0.1, 0.15) is 11.5 Å². The molecule has 0 amide bonds. The predicted molar refractivity (Wildman–Crippen MR) is 127 cm³/mol. The Balaban J connectivity index is 0.000000575. The smallest absolute Gasteiger partial charge is 0.123 e. The van der Waals surface area contributed by atoms with Crippen molar-refractivity contribution in [2.75, 3.05) is 26.3 Å². The first-order valence-corrected chi connectivity index (χ1v) is 11.0. The molecule has 0 saturated heterocycles. The summed E-state index contributed by atoms with van der Waals surface area (Å²) in [6.07, 6.45) is 0. The highest BCUT2D eigenvalue weighted by molar-refractivity contribution is 5.53. The second-order valence-electron chi connectivity index (χ2n) is 6.74. The minimum Gasteiger partial charge on any atom is -0.494 e. The van der Waals surface area contributed by atoms with E-state index in [9.17, 15) is 0 Å². The van der Waals surface area contributed by atoms with E-state index in [1.807, 2.05) is 44.2 Å². The van der Waals surface area contributed by atoms with Gasteiger partial charge < -0.3 is 14.8 Å². The first-order chi connectivity index (χ1) is 14.8. The fraction of sp³-hybridized carbons (Fsp3) is 0.333. The van der Waals surface area contributed by atoms with Crippen LogP contribution >= 0.6 is 0 Å². The van der Waals surface area contributed by atoms with Crippen molar-refractivity contribution < 1.29 is 9.47 Å². The van der Waals surface area contributed by atoms with E-state index < -0.39 is 0 Å². The number of benzene rings is 3. The van der Waals surface area contributed by atoms with Crippen LogP contribution < -0.4 is 14.8 Å². The highest BCUT2D eigenvalue weighted by Crippen LogP contribution is 2.40. The molecule has 0 aliphatic heterocycles. The van der Waals surface area contributed by atoms with E-state index >= 15 is 0 Å². The highest BCUT2D eigenvalue weighted by Gasteiger charge is 2.23. The summed E-state index contributed by atoms with van der Waals surface area (Å²) in [5.74, 6) is 1.90. The fourth-order valence-electron chi connectivity index (χ4n) is 3.43. The van der Waals surface area contributed by atoms with Crippen molar-refractivity contribution in [3.63, 3.8) is 0 Å². The molecule has 0 heterocycles. The summed E-state index contributed by atoms with van der Waals surface area (Å²) in [4.78, 5) is 0. The Kier molecular flexibility index (Phi) is 10.5. The van der Waals surface area contributed by atoms with Crippen molar-refractivity contribution in [3.05, 3.63) is 95.6 Å². The number of para-hydroxylation sites is 2. The third-order valence-corrected chi connectivity index (χ3v) is 4.69. The zero-order chi connectivity index (χ0) is 21.6. The summed E-state index contributed by atoms with van der Waals surface area (Å²) in [5.41, 5.74) is 3.53. The largest absolute Gasteiger partial charge is 0.494 e. The van der Waals surface area contributed by atoms with Crippen LogP contribution in [0.3, 0.4) is 0 Å². The summed E-state index contributed by atoms with van der Waals surface area (Å²) in [5, 5.41) is 3.11. The van der Waals surface area contributed by atoms with Crippen LogP contribution in [0.2, 0.25) is 0 Å². The monoisotopic (exact) mass is 405 g/mol. The van der Waals surface area contributed by atoms with Crippen LogP contribution in [-0.2, 0) is 0 Å². The van der Waals surface area contributed by atoms with E-state index in [0.717, 1.165) is 35.7 Å². The van der Waals surface area contributed by atoms with E-state index in [4.69, 9.17) is 9.47 Å². The van der Waals surface area contributed by atoms with Gasteiger partial charge in [-0.3, -0.25) is 0 Å². The van der Waals surface area contributed by atoms with Crippen LogP contribution in [0.25, 0.3) is 0 Å². The topological polar surface area (TPSA) is 30.5 Å². The minimum absolute atomic E-state index is 0.0618. The van der Waals surface area contributed by atoms with E-state index in [1.165, 1.54) is 5.56 Å². The molecule has 0 aliphatic rings. The molecule has 3 rings (SSSR count). The summed E-state index contributed by atoms with van der Waals surface area (Å²) in [6.45, 7) is 11.7. The lowest BCUT2D eigenvalue weighted by Gasteiger charge is -2.23. The van der Waals surface area contributed by atoms with Gasteiger partial charge in [0.25, 0.3) is 0 Å². The quantitative estimate of drug-likeness (QED) is 0.425. The molecular formula is C27H35NO2. The molecule has 0 aliphatic carbocycles. The van der Waals surface area contributed by atoms with Crippen LogP contribution in [0.1, 0.15) is 50.3 Å². The second-order valence-corrected chi connectivity index (χ2v) is 6.74. The van der Waals surface area contributed by atoms with Gasteiger partial charge in [-0.15, -0.1) is 0 Å². The van der Waals surface area contributed by atoms with Crippen LogP contribution in [0.4, 0.5) is 0 Å². The van der Waals surface area contributed by atoms with Crippen LogP contribution in [0.5, 0.6) is 11.5 Å². The standard InChI is InChI=1S/C23H24O2.C4H11N/c1-3-24-21-16-10-8-14-19(21)23(18-12-6-5-7-13-18)20-15-9-11-17-22(20)25-4-2;1-3-5-4-2/h5-17,23H,3-4H2,1-2H3;5H,3-4H2,1-2H3. The maximum Gasteiger partial charge on any atom is 0.123 e. The third-order valence-electron chi connectivity index (χ3n) is 4.69. The summed E-state index contributed by atoms with van der Waals surface area (Å²) < 4.78 is 11.8. The zero-order valence-electron chi connectivity index (χ0n) is 18.7. The zero-order valence-corrected chi connectivity index (χ0v) is 18.7. The number of hydrogen-bond acceptors (Lipinski definition) is 3. The highest BCUT2D eigenvalue weighted by atomic mass is 16.5. The van der Waals surface area contributed by atoms with Gasteiger partial charge >= 0.3 is 0 Å². The normalized spacial score (nSPS) is 10.3. The van der Waals surface area contributed by atoms with Gasteiger partial charge in [0.2, 0.25) is 0 Å². The average molecular weight is 406 g/mol. The van der Waals surface area contributed by atoms with Gasteiger partial charge in [0.05, 0.1) is 13.2 Å². The Labute approximate surface area is 182 Å². The lowest BCUT2D eigenvalue weighted by atomic mass is 9.84. The Bertz CT molecular complexity index is 797. The molecule has 0 spiro atoms. The van der Waals surface area contributed by atoms with Crippen molar-refractivity contribution in [1.82, 2.24) is 5.32 Å². The third kappa shape index (κ3) is 6.64. The van der Waals surface area contributed by atoms with Crippen LogP contribution in [0.15, 0.2) is 78.9 Å². The Morgan fingerprint density at radius 3 is 1.43 bits per heavy atom. The van der Waals surface area contributed by atoms with Crippen molar-refractivity contribution in [1.29, 1.82) is 0 Å². The first kappa shape index (κ1) is 23.5. The van der Waals surface area contributed by atoms with Crippen molar-refractivity contribution >= 4 is 0 Å². The SMILES string of the molecule is CCNCC.CCOc1ccccc1C(c1ccccc1)c1ccccc1OCC. The molecule has 0 radical (unpaired) electrons. The van der Waals surface area contributed by atoms with E-state index in [2.05, 4.69) is 67.7 Å². The molecule has 0 atom stereocenters. The molecule has 160 valence electrons. The molecule has 3 nitrogen and oxygen atoms in total. The van der Waals surface area contributed by atoms with Crippen molar-refractivity contribution in [3.8, 4) is 11.5 Å². The number of hydrogen-bond donors (Lipinski definition) is 1. The maximum absolute atomic E-state index is 5.92. The van der Waals surface area contributed by atoms with E-state index in [1.54, 1.807) is 0 Å². The van der Waals surface area contributed by atoms with Crippen LogP contribution in [-0.4, -0.2) is 26.3 Å². The van der Waals surface area contributed by atoms with Crippen molar-refractivity contribution in [2.45, 2.75) is 33.6 Å². The Morgan fingerprint density at radius 1 is 0.600 bits per heavy atom. The van der Waals surface area contributed by atoms with E-state index in [-0.39, 0.29) is 5.92 Å². The first-order valence-electron chi connectivity index (χ1n) is 11.0. The number of rotatable bonds is 9. The molecule has 1 N–H and O–H groups in total. The molecule has 0 aromatic heterocycles. The fourth-order valence-corrected chi connectivity index (χ4v) is 3.43. The van der Waals surface area contributed by atoms with Crippen molar-refractivity contribution in [2.24, 2.45) is 0 Å². The molecule has 0 fully saturated rings. The second kappa shape index (κ2) is 13.4. The van der Waals surface area contributed by atoms with Gasteiger partial charge in [0, 0.05) is 17.0 Å². The van der Waals surface area contributed by atoms with Gasteiger partial charge in [-0.25, -0.2) is 0 Å². The summed E-state index contributed by atoms with van der Waals surface area (Å²) in [7, 11) is 0. The average Bonchev–Trinajstić information content (AvgIpc) is 2.78. The van der Waals surface area contributed by atoms with Gasteiger partial charge in [0.15, 0.2) is 0 Å². The lowest BCUT2D eigenvalue weighted by Crippen LogP contribution is -2.09. The molecule has 3 aromatic rings. The van der Waals surface area contributed by atoms with Gasteiger partial charge in [-0.05, 0) is 44.6 Å². The maximum atomic E-state index is 5.92. The van der Waals surface area contributed by atoms with Gasteiger partial charge in [-0.2, -0.15) is 0 Å². The lowest BCUT2D eigenvalue weighted by molar-refractivity contribution is 0.331. The molecular weight excluding hydrogens is 370 g/mol. The molecule has 0 saturated carbocycles. The molecule has 3 aromatic carbocycles. The number of ether oxygens (including phenoxy) is 2. The molecule has 30 heavy (non-hydrogen) atoms. The molecule has 0 unspecified atom stereocenters. The Morgan fingerprint density at radius 2 is 1.03 bits per heavy atom.